The molecule has 1 aromatic carbocycles. The third-order valence-electron chi connectivity index (χ3n) is 3.42. The lowest BCUT2D eigenvalue weighted by Gasteiger charge is -2.12. The summed E-state index contributed by atoms with van der Waals surface area (Å²) in [7, 11) is 0. The van der Waals surface area contributed by atoms with Crippen molar-refractivity contribution in [2.75, 3.05) is 11.9 Å². The number of halogens is 1. The van der Waals surface area contributed by atoms with Crippen LogP contribution in [0.15, 0.2) is 47.5 Å². The maximum Gasteiger partial charge on any atom is 0.293 e. The summed E-state index contributed by atoms with van der Waals surface area (Å²) in [4.78, 5) is 16.3. The van der Waals surface area contributed by atoms with E-state index in [-0.39, 0.29) is 10.9 Å². The molecular formula is C15H16ClN3O. The summed E-state index contributed by atoms with van der Waals surface area (Å²) >= 11 is 6.32. The number of aromatic nitrogens is 2. The molecule has 0 bridgehead atoms. The quantitative estimate of drug-likeness (QED) is 0.861. The predicted molar refractivity (Wildman–Crippen MR) is 80.3 cm³/mol. The number of nitrogens with zero attached hydrogens (tertiary/aromatic N) is 2. The molecule has 0 saturated heterocycles. The molecule has 2 aromatic rings. The first-order valence-electron chi connectivity index (χ1n) is 6.76. The number of hydrogen-bond acceptors (Lipinski definition) is 3. The molecule has 1 aromatic heterocycles. The number of anilines is 1. The summed E-state index contributed by atoms with van der Waals surface area (Å²) in [5.74, 6) is 0.376. The number of benzene rings is 1. The van der Waals surface area contributed by atoms with Gasteiger partial charge in [0, 0.05) is 25.0 Å². The highest BCUT2D eigenvalue weighted by molar-refractivity contribution is 6.21. The van der Waals surface area contributed by atoms with Crippen LogP contribution in [0.2, 0.25) is 0 Å². The van der Waals surface area contributed by atoms with Gasteiger partial charge in [-0.05, 0) is 18.4 Å². The van der Waals surface area contributed by atoms with Crippen molar-refractivity contribution in [1.29, 1.82) is 0 Å². The van der Waals surface area contributed by atoms with Crippen molar-refractivity contribution in [2.45, 2.75) is 24.3 Å². The van der Waals surface area contributed by atoms with E-state index in [0.29, 0.717) is 18.4 Å². The molecule has 1 saturated carbocycles. The number of alkyl halides is 1. The molecule has 4 nitrogen and oxygen atoms in total. The molecule has 1 fully saturated rings. The number of rotatable bonds is 5. The minimum absolute atomic E-state index is 0.0630. The summed E-state index contributed by atoms with van der Waals surface area (Å²) < 4.78 is 1.75. The second-order valence-corrected chi connectivity index (χ2v) is 5.51. The van der Waals surface area contributed by atoms with Gasteiger partial charge in [-0.25, -0.2) is 4.98 Å². The molecular weight excluding hydrogens is 274 g/mol. The summed E-state index contributed by atoms with van der Waals surface area (Å²) in [6.07, 6.45) is 5.56. The molecule has 1 unspecified atom stereocenters. The van der Waals surface area contributed by atoms with Gasteiger partial charge in [0.05, 0.1) is 5.38 Å². The van der Waals surface area contributed by atoms with Crippen LogP contribution in [-0.4, -0.2) is 16.1 Å². The van der Waals surface area contributed by atoms with Crippen LogP contribution in [0.4, 0.5) is 5.82 Å². The third kappa shape index (κ3) is 2.85. The summed E-state index contributed by atoms with van der Waals surface area (Å²) in [6, 6.07) is 10.2. The Morgan fingerprint density at radius 1 is 1.35 bits per heavy atom. The van der Waals surface area contributed by atoms with Gasteiger partial charge in [-0.15, -0.1) is 11.6 Å². The Hall–Kier alpha value is -1.81. The van der Waals surface area contributed by atoms with E-state index in [9.17, 15) is 4.79 Å². The molecule has 1 aliphatic carbocycles. The smallest absolute Gasteiger partial charge is 0.293 e. The van der Waals surface area contributed by atoms with Crippen molar-refractivity contribution in [3.05, 3.63) is 58.6 Å². The van der Waals surface area contributed by atoms with Gasteiger partial charge in [-0.2, -0.15) is 0 Å². The molecule has 5 heteroatoms. The molecule has 1 atom stereocenters. The van der Waals surface area contributed by atoms with Crippen molar-refractivity contribution < 1.29 is 0 Å². The minimum atomic E-state index is -0.188. The maximum atomic E-state index is 12.2. The van der Waals surface area contributed by atoms with Crippen LogP contribution < -0.4 is 10.9 Å². The lowest BCUT2D eigenvalue weighted by atomic mass is 10.1. The Kier molecular flexibility index (Phi) is 3.74. The number of hydrogen-bond donors (Lipinski definition) is 1. The Morgan fingerprint density at radius 3 is 2.80 bits per heavy atom. The van der Waals surface area contributed by atoms with Gasteiger partial charge >= 0.3 is 0 Å². The lowest BCUT2D eigenvalue weighted by Crippen LogP contribution is -2.24. The fourth-order valence-corrected chi connectivity index (χ4v) is 2.38. The van der Waals surface area contributed by atoms with Gasteiger partial charge in [0.15, 0.2) is 5.82 Å². The Balaban J connectivity index is 1.69. The van der Waals surface area contributed by atoms with E-state index in [2.05, 4.69) is 10.3 Å². The summed E-state index contributed by atoms with van der Waals surface area (Å²) in [5.41, 5.74) is 0.965. The Labute approximate surface area is 122 Å². The molecule has 1 N–H and O–H groups in total. The van der Waals surface area contributed by atoms with Crippen molar-refractivity contribution in [3.8, 4) is 0 Å². The highest BCUT2D eigenvalue weighted by Crippen LogP contribution is 2.33. The standard InChI is InChI=1S/C15H16ClN3O/c16-13(11-4-2-1-3-5-11)10-18-14-15(20)19(9-8-17-14)12-6-7-12/h1-5,8-9,12-13H,6-7,10H2,(H,17,18). The Morgan fingerprint density at radius 2 is 2.10 bits per heavy atom. The highest BCUT2D eigenvalue weighted by atomic mass is 35.5. The van der Waals surface area contributed by atoms with E-state index < -0.39 is 0 Å². The molecule has 0 amide bonds. The molecule has 0 aliphatic heterocycles. The Bertz CT molecular complexity index is 637. The zero-order valence-corrected chi connectivity index (χ0v) is 11.8. The number of nitrogens with one attached hydrogen (secondary N) is 1. The van der Waals surface area contributed by atoms with E-state index in [1.54, 1.807) is 17.0 Å². The monoisotopic (exact) mass is 289 g/mol. The van der Waals surface area contributed by atoms with Crippen LogP contribution in [-0.2, 0) is 0 Å². The van der Waals surface area contributed by atoms with Gasteiger partial charge in [-0.3, -0.25) is 4.79 Å². The van der Waals surface area contributed by atoms with Crippen LogP contribution in [0, 0.1) is 0 Å². The zero-order valence-electron chi connectivity index (χ0n) is 11.0. The molecule has 20 heavy (non-hydrogen) atoms. The van der Waals surface area contributed by atoms with E-state index in [4.69, 9.17) is 11.6 Å². The first-order chi connectivity index (χ1) is 9.75. The second-order valence-electron chi connectivity index (χ2n) is 4.98. The third-order valence-corrected chi connectivity index (χ3v) is 3.82. The lowest BCUT2D eigenvalue weighted by molar-refractivity contribution is 0.699. The average molecular weight is 290 g/mol. The topological polar surface area (TPSA) is 46.9 Å². The largest absolute Gasteiger partial charge is 0.364 e. The molecule has 3 rings (SSSR count). The summed E-state index contributed by atoms with van der Waals surface area (Å²) in [5, 5.41) is 2.87. The first-order valence-corrected chi connectivity index (χ1v) is 7.19. The zero-order chi connectivity index (χ0) is 13.9. The van der Waals surface area contributed by atoms with Crippen molar-refractivity contribution in [3.63, 3.8) is 0 Å². The fourth-order valence-electron chi connectivity index (χ4n) is 2.15. The van der Waals surface area contributed by atoms with Crippen molar-refractivity contribution in [2.24, 2.45) is 0 Å². The highest BCUT2D eigenvalue weighted by Gasteiger charge is 2.25. The molecule has 1 heterocycles. The van der Waals surface area contributed by atoms with E-state index in [1.165, 1.54) is 0 Å². The van der Waals surface area contributed by atoms with Gasteiger partial charge in [0.25, 0.3) is 5.56 Å². The van der Waals surface area contributed by atoms with Crippen LogP contribution in [0.3, 0.4) is 0 Å². The van der Waals surface area contributed by atoms with Gasteiger partial charge < -0.3 is 9.88 Å². The van der Waals surface area contributed by atoms with Gasteiger partial charge in [0.2, 0.25) is 0 Å². The normalized spacial score (nSPS) is 15.8. The fraction of sp³-hybridized carbons (Fsp3) is 0.333. The molecule has 104 valence electrons. The first kappa shape index (κ1) is 13.2. The average Bonchev–Trinajstić information content (AvgIpc) is 3.31. The van der Waals surface area contributed by atoms with Crippen LogP contribution in [0.25, 0.3) is 0 Å². The van der Waals surface area contributed by atoms with Crippen molar-refractivity contribution >= 4 is 17.4 Å². The van der Waals surface area contributed by atoms with Crippen LogP contribution in [0.5, 0.6) is 0 Å². The predicted octanol–water partition coefficient (Wildman–Crippen LogP) is 2.97. The molecule has 0 radical (unpaired) electrons. The van der Waals surface area contributed by atoms with Gasteiger partial charge in [0.1, 0.15) is 0 Å². The SMILES string of the molecule is O=c1c(NCC(Cl)c2ccccc2)nccn1C1CC1. The molecule has 1 aliphatic rings. The summed E-state index contributed by atoms with van der Waals surface area (Å²) in [6.45, 7) is 0.475. The van der Waals surface area contributed by atoms with Crippen molar-refractivity contribution in [1.82, 2.24) is 9.55 Å². The van der Waals surface area contributed by atoms with E-state index in [1.807, 2.05) is 30.3 Å². The minimum Gasteiger partial charge on any atom is -0.364 e. The second kappa shape index (κ2) is 5.67. The van der Waals surface area contributed by atoms with E-state index in [0.717, 1.165) is 18.4 Å². The van der Waals surface area contributed by atoms with Crippen LogP contribution >= 0.6 is 11.6 Å². The van der Waals surface area contributed by atoms with Crippen LogP contribution in [0.1, 0.15) is 29.8 Å². The van der Waals surface area contributed by atoms with E-state index >= 15 is 0 Å². The van der Waals surface area contributed by atoms with Gasteiger partial charge in [-0.1, -0.05) is 30.3 Å². The molecule has 0 spiro atoms. The maximum absolute atomic E-state index is 12.2.